The van der Waals surface area contributed by atoms with Crippen molar-refractivity contribution in [1.29, 1.82) is 0 Å². The number of anilines is 1. The number of carbonyl (C=O) groups excluding carboxylic acids is 2. The van der Waals surface area contributed by atoms with Crippen LogP contribution in [0.25, 0.3) is 0 Å². The Kier molecular flexibility index (Phi) is 7.39. The first-order valence-electron chi connectivity index (χ1n) is 7.94. The van der Waals surface area contributed by atoms with Crippen molar-refractivity contribution in [2.75, 3.05) is 11.1 Å². The molecule has 0 aliphatic carbocycles. The molecule has 7 heteroatoms. The van der Waals surface area contributed by atoms with Gasteiger partial charge in [0.25, 0.3) is 0 Å². The molecule has 0 fully saturated rings. The Hall–Kier alpha value is -1.73. The lowest BCUT2D eigenvalue weighted by Gasteiger charge is -2.06. The van der Waals surface area contributed by atoms with E-state index in [1.54, 1.807) is 24.3 Å². The van der Waals surface area contributed by atoms with Gasteiger partial charge in [0.1, 0.15) is 5.01 Å². The summed E-state index contributed by atoms with van der Waals surface area (Å²) in [5.41, 5.74) is 1.35. The van der Waals surface area contributed by atoms with Gasteiger partial charge in [0.05, 0.1) is 5.75 Å². The van der Waals surface area contributed by atoms with E-state index in [0.29, 0.717) is 17.7 Å². The number of hydrogen-bond acceptors (Lipinski definition) is 6. The summed E-state index contributed by atoms with van der Waals surface area (Å²) >= 11 is 2.88. The van der Waals surface area contributed by atoms with E-state index in [0.717, 1.165) is 34.3 Å². The minimum atomic E-state index is 0.0183. The van der Waals surface area contributed by atoms with Gasteiger partial charge in [-0.15, -0.1) is 10.2 Å². The normalized spacial score (nSPS) is 10.6. The average Bonchev–Trinajstić information content (AvgIpc) is 2.99. The van der Waals surface area contributed by atoms with Crippen molar-refractivity contribution in [2.45, 2.75) is 43.9 Å². The number of benzene rings is 1. The summed E-state index contributed by atoms with van der Waals surface area (Å²) < 4.78 is 0.803. The number of aromatic nitrogens is 2. The van der Waals surface area contributed by atoms with Gasteiger partial charge in [-0.3, -0.25) is 9.59 Å². The molecule has 2 rings (SSSR count). The molecule has 1 aromatic heterocycles. The van der Waals surface area contributed by atoms with Crippen molar-refractivity contribution in [3.05, 3.63) is 34.8 Å². The van der Waals surface area contributed by atoms with Gasteiger partial charge in [-0.2, -0.15) is 0 Å². The number of thioether (sulfide) groups is 1. The van der Waals surface area contributed by atoms with E-state index in [-0.39, 0.29) is 11.7 Å². The number of amides is 1. The van der Waals surface area contributed by atoms with Crippen LogP contribution in [0, 0.1) is 6.92 Å². The maximum absolute atomic E-state index is 12.2. The smallest absolute Gasteiger partial charge is 0.224 e. The molecule has 128 valence electrons. The number of Topliss-reactive ketones (excluding diaryl/α,β-unsaturated/α-hetero) is 1. The zero-order chi connectivity index (χ0) is 17.4. The van der Waals surface area contributed by atoms with Crippen LogP contribution in [0.5, 0.6) is 0 Å². The third kappa shape index (κ3) is 6.05. The van der Waals surface area contributed by atoms with Crippen LogP contribution in [0.2, 0.25) is 0 Å². The number of rotatable bonds is 9. The zero-order valence-corrected chi connectivity index (χ0v) is 15.5. The molecule has 0 spiro atoms. The minimum Gasteiger partial charge on any atom is -0.326 e. The third-order valence-corrected chi connectivity index (χ3v) is 5.30. The molecule has 1 aromatic carbocycles. The predicted molar refractivity (Wildman–Crippen MR) is 98.9 cm³/mol. The second kappa shape index (κ2) is 9.54. The first-order chi connectivity index (χ1) is 11.6. The molecular formula is C17H21N3O2S2. The van der Waals surface area contributed by atoms with E-state index in [4.69, 9.17) is 0 Å². The maximum atomic E-state index is 12.2. The minimum absolute atomic E-state index is 0.0183. The molecule has 24 heavy (non-hydrogen) atoms. The van der Waals surface area contributed by atoms with Crippen LogP contribution in [0.3, 0.4) is 0 Å². The summed E-state index contributed by atoms with van der Waals surface area (Å²) in [5.74, 6) is 0.385. The van der Waals surface area contributed by atoms with Crippen LogP contribution < -0.4 is 5.32 Å². The SMILES string of the molecule is CCCCCC(=O)Nc1ccc(C(=O)CSc2nnc(C)s2)cc1. The standard InChI is InChI=1S/C17H21N3O2S2/c1-3-4-5-6-16(22)18-14-9-7-13(8-10-14)15(21)11-23-17-20-19-12(2)24-17/h7-10H,3-6,11H2,1-2H3,(H,18,22). The molecule has 0 aliphatic rings. The van der Waals surface area contributed by atoms with Crippen molar-refractivity contribution >= 4 is 40.5 Å². The molecule has 0 radical (unpaired) electrons. The number of nitrogens with zero attached hydrogens (tertiary/aromatic N) is 2. The Morgan fingerprint density at radius 3 is 2.54 bits per heavy atom. The van der Waals surface area contributed by atoms with Crippen LogP contribution >= 0.6 is 23.1 Å². The van der Waals surface area contributed by atoms with Gasteiger partial charge in [-0.25, -0.2) is 0 Å². The summed E-state index contributed by atoms with van der Waals surface area (Å²) in [6.45, 7) is 4.00. The van der Waals surface area contributed by atoms with E-state index >= 15 is 0 Å². The molecule has 1 amide bonds. The van der Waals surface area contributed by atoms with Crippen LogP contribution in [0.1, 0.15) is 48.0 Å². The lowest BCUT2D eigenvalue weighted by Crippen LogP contribution is -2.11. The maximum Gasteiger partial charge on any atom is 0.224 e. The van der Waals surface area contributed by atoms with Crippen LogP contribution in [0.15, 0.2) is 28.6 Å². The van der Waals surface area contributed by atoms with E-state index in [2.05, 4.69) is 22.4 Å². The number of carbonyl (C=O) groups is 2. The van der Waals surface area contributed by atoms with Gasteiger partial charge in [-0.05, 0) is 37.6 Å². The summed E-state index contributed by atoms with van der Waals surface area (Å²) in [5, 5.41) is 11.7. The van der Waals surface area contributed by atoms with Crippen LogP contribution in [-0.2, 0) is 4.79 Å². The fourth-order valence-electron chi connectivity index (χ4n) is 2.05. The quantitative estimate of drug-likeness (QED) is 0.408. The van der Waals surface area contributed by atoms with Gasteiger partial charge in [0, 0.05) is 17.7 Å². The lowest BCUT2D eigenvalue weighted by molar-refractivity contribution is -0.116. The average molecular weight is 364 g/mol. The molecule has 0 atom stereocenters. The van der Waals surface area contributed by atoms with Gasteiger partial charge in [0.2, 0.25) is 5.91 Å². The van der Waals surface area contributed by atoms with E-state index in [9.17, 15) is 9.59 Å². The van der Waals surface area contributed by atoms with Gasteiger partial charge >= 0.3 is 0 Å². The molecule has 5 nitrogen and oxygen atoms in total. The fraction of sp³-hybridized carbons (Fsp3) is 0.412. The Labute approximate surface area is 150 Å². The second-order valence-corrected chi connectivity index (χ2v) is 7.79. The molecule has 0 aliphatic heterocycles. The Bertz CT molecular complexity index is 683. The summed E-state index contributed by atoms with van der Waals surface area (Å²) in [4.78, 5) is 24.0. The zero-order valence-electron chi connectivity index (χ0n) is 13.9. The molecule has 0 bridgehead atoms. The van der Waals surface area contributed by atoms with Crippen molar-refractivity contribution in [2.24, 2.45) is 0 Å². The number of unbranched alkanes of at least 4 members (excludes halogenated alkanes) is 2. The Balaban J connectivity index is 1.82. The number of nitrogens with one attached hydrogen (secondary N) is 1. The van der Waals surface area contributed by atoms with Crippen molar-refractivity contribution in [3.8, 4) is 0 Å². The summed E-state index contributed by atoms with van der Waals surface area (Å²) in [6.07, 6.45) is 3.60. The van der Waals surface area contributed by atoms with Crippen molar-refractivity contribution in [1.82, 2.24) is 10.2 Å². The molecular weight excluding hydrogens is 342 g/mol. The molecule has 0 unspecified atom stereocenters. The highest BCUT2D eigenvalue weighted by Gasteiger charge is 2.10. The van der Waals surface area contributed by atoms with Gasteiger partial charge in [-0.1, -0.05) is 42.9 Å². The molecule has 1 heterocycles. The summed E-state index contributed by atoms with van der Waals surface area (Å²) in [6, 6.07) is 7.03. The fourth-order valence-corrected chi connectivity index (χ4v) is 3.76. The van der Waals surface area contributed by atoms with Crippen molar-refractivity contribution < 1.29 is 9.59 Å². The highest BCUT2D eigenvalue weighted by atomic mass is 32.2. The van der Waals surface area contributed by atoms with Gasteiger partial charge in [0.15, 0.2) is 10.1 Å². The highest BCUT2D eigenvalue weighted by Crippen LogP contribution is 2.23. The first kappa shape index (κ1) is 18.6. The molecule has 2 aromatic rings. The molecule has 0 saturated carbocycles. The number of hydrogen-bond donors (Lipinski definition) is 1. The van der Waals surface area contributed by atoms with Crippen LogP contribution in [-0.4, -0.2) is 27.6 Å². The third-order valence-electron chi connectivity index (χ3n) is 3.33. The molecule has 1 N–H and O–H groups in total. The van der Waals surface area contributed by atoms with E-state index in [1.807, 2.05) is 6.92 Å². The predicted octanol–water partition coefficient (Wildman–Crippen LogP) is 4.34. The monoisotopic (exact) mass is 363 g/mol. The topological polar surface area (TPSA) is 72.0 Å². The largest absolute Gasteiger partial charge is 0.326 e. The van der Waals surface area contributed by atoms with E-state index in [1.165, 1.54) is 23.1 Å². The van der Waals surface area contributed by atoms with E-state index < -0.39 is 0 Å². The number of ketones is 1. The van der Waals surface area contributed by atoms with Gasteiger partial charge < -0.3 is 5.32 Å². The second-order valence-electron chi connectivity index (χ2n) is 5.38. The first-order valence-corrected chi connectivity index (χ1v) is 9.74. The lowest BCUT2D eigenvalue weighted by atomic mass is 10.1. The Morgan fingerprint density at radius 1 is 1.17 bits per heavy atom. The summed E-state index contributed by atoms with van der Waals surface area (Å²) in [7, 11) is 0. The van der Waals surface area contributed by atoms with Crippen molar-refractivity contribution in [3.63, 3.8) is 0 Å². The highest BCUT2D eigenvalue weighted by molar-refractivity contribution is 8.01. The molecule has 0 saturated heterocycles. The Morgan fingerprint density at radius 2 is 1.92 bits per heavy atom. The number of aryl methyl sites for hydroxylation is 1. The van der Waals surface area contributed by atoms with Crippen LogP contribution in [0.4, 0.5) is 5.69 Å².